The Balaban J connectivity index is 2.13. The molecular weight excluding hydrogens is 160 g/mol. The molecule has 1 rings (SSSR count). The molecule has 0 aliphatic carbocycles. The molecule has 1 heterocycles. The standard InChI is InChI=1S/C11H24N2/c1-10-5-4-7-13(9-10)8-6-11(2)12-3/h10-12H,4-9H2,1-3H3/t10-,11-/m1/s1. The molecule has 0 unspecified atom stereocenters. The lowest BCUT2D eigenvalue weighted by atomic mass is 10.00. The number of nitrogens with zero attached hydrogens (tertiary/aromatic N) is 1. The maximum Gasteiger partial charge on any atom is 0.00479 e. The van der Waals surface area contributed by atoms with Crippen molar-refractivity contribution in [2.75, 3.05) is 26.7 Å². The number of rotatable bonds is 4. The van der Waals surface area contributed by atoms with Gasteiger partial charge in [0.2, 0.25) is 0 Å². The third-order valence-corrected chi connectivity index (χ3v) is 3.11. The van der Waals surface area contributed by atoms with Crippen molar-refractivity contribution in [2.24, 2.45) is 5.92 Å². The molecule has 1 N–H and O–H groups in total. The van der Waals surface area contributed by atoms with Crippen molar-refractivity contribution in [3.05, 3.63) is 0 Å². The van der Waals surface area contributed by atoms with Crippen LogP contribution in [-0.2, 0) is 0 Å². The lowest BCUT2D eigenvalue weighted by molar-refractivity contribution is 0.177. The summed E-state index contributed by atoms with van der Waals surface area (Å²) in [6.07, 6.45) is 4.11. The van der Waals surface area contributed by atoms with Gasteiger partial charge in [-0.15, -0.1) is 0 Å². The minimum absolute atomic E-state index is 0.664. The summed E-state index contributed by atoms with van der Waals surface area (Å²) in [5.41, 5.74) is 0. The van der Waals surface area contributed by atoms with Crippen LogP contribution in [0, 0.1) is 5.92 Å². The Morgan fingerprint density at radius 1 is 1.54 bits per heavy atom. The van der Waals surface area contributed by atoms with E-state index in [-0.39, 0.29) is 0 Å². The van der Waals surface area contributed by atoms with Crippen LogP contribution in [0.2, 0.25) is 0 Å². The van der Waals surface area contributed by atoms with Crippen LogP contribution in [-0.4, -0.2) is 37.6 Å². The van der Waals surface area contributed by atoms with Crippen LogP contribution >= 0.6 is 0 Å². The fourth-order valence-corrected chi connectivity index (χ4v) is 2.01. The molecule has 0 aromatic rings. The SMILES string of the molecule is CN[C@H](C)CCN1CCC[C@@H](C)C1. The van der Waals surface area contributed by atoms with E-state index in [9.17, 15) is 0 Å². The monoisotopic (exact) mass is 184 g/mol. The van der Waals surface area contributed by atoms with Crippen LogP contribution in [0.1, 0.15) is 33.1 Å². The second kappa shape index (κ2) is 5.61. The average Bonchev–Trinajstić information content (AvgIpc) is 2.14. The molecule has 2 atom stereocenters. The Bertz CT molecular complexity index is 136. The minimum Gasteiger partial charge on any atom is -0.317 e. The van der Waals surface area contributed by atoms with E-state index in [1.165, 1.54) is 38.9 Å². The van der Waals surface area contributed by atoms with E-state index in [0.29, 0.717) is 6.04 Å². The van der Waals surface area contributed by atoms with E-state index in [1.807, 2.05) is 7.05 Å². The van der Waals surface area contributed by atoms with Crippen LogP contribution < -0.4 is 5.32 Å². The molecule has 2 nitrogen and oxygen atoms in total. The predicted molar refractivity (Wildman–Crippen MR) is 58.0 cm³/mol. The van der Waals surface area contributed by atoms with Gasteiger partial charge in [-0.2, -0.15) is 0 Å². The highest BCUT2D eigenvalue weighted by Crippen LogP contribution is 2.15. The van der Waals surface area contributed by atoms with E-state index < -0.39 is 0 Å². The van der Waals surface area contributed by atoms with Gasteiger partial charge in [0.15, 0.2) is 0 Å². The Morgan fingerprint density at radius 3 is 2.92 bits per heavy atom. The Hall–Kier alpha value is -0.0800. The third-order valence-electron chi connectivity index (χ3n) is 3.11. The summed E-state index contributed by atoms with van der Waals surface area (Å²) >= 11 is 0. The molecule has 0 amide bonds. The molecule has 2 heteroatoms. The van der Waals surface area contributed by atoms with Gasteiger partial charge in [-0.25, -0.2) is 0 Å². The molecule has 0 aromatic heterocycles. The fraction of sp³-hybridized carbons (Fsp3) is 1.00. The average molecular weight is 184 g/mol. The molecule has 78 valence electrons. The first-order valence-corrected chi connectivity index (χ1v) is 5.62. The second-order valence-electron chi connectivity index (χ2n) is 4.53. The van der Waals surface area contributed by atoms with E-state index in [4.69, 9.17) is 0 Å². The summed E-state index contributed by atoms with van der Waals surface area (Å²) in [5.74, 6) is 0.915. The second-order valence-corrected chi connectivity index (χ2v) is 4.53. The molecule has 0 radical (unpaired) electrons. The first-order valence-electron chi connectivity index (χ1n) is 5.62. The molecule has 1 aliphatic rings. The molecule has 0 saturated carbocycles. The smallest absolute Gasteiger partial charge is 0.00479 e. The highest BCUT2D eigenvalue weighted by atomic mass is 15.1. The molecule has 0 spiro atoms. The first-order chi connectivity index (χ1) is 6.22. The van der Waals surface area contributed by atoms with Crippen molar-refractivity contribution >= 4 is 0 Å². The minimum atomic E-state index is 0.664. The topological polar surface area (TPSA) is 15.3 Å². The molecular formula is C11H24N2. The van der Waals surface area contributed by atoms with Gasteiger partial charge in [0.1, 0.15) is 0 Å². The Labute approximate surface area is 82.7 Å². The van der Waals surface area contributed by atoms with Gasteiger partial charge in [-0.05, 0) is 52.2 Å². The summed E-state index contributed by atoms with van der Waals surface area (Å²) < 4.78 is 0. The molecule has 1 aliphatic heterocycles. The quantitative estimate of drug-likeness (QED) is 0.715. The highest BCUT2D eigenvalue weighted by molar-refractivity contribution is 4.71. The van der Waals surface area contributed by atoms with E-state index in [1.54, 1.807) is 0 Å². The number of piperidine rings is 1. The summed E-state index contributed by atoms with van der Waals surface area (Å²) in [4.78, 5) is 2.61. The van der Waals surface area contributed by atoms with Crippen molar-refractivity contribution in [3.63, 3.8) is 0 Å². The van der Waals surface area contributed by atoms with Crippen LogP contribution in [0.3, 0.4) is 0 Å². The molecule has 1 saturated heterocycles. The van der Waals surface area contributed by atoms with Gasteiger partial charge in [0.25, 0.3) is 0 Å². The zero-order chi connectivity index (χ0) is 9.68. The normalized spacial score (nSPS) is 27.5. The molecule has 0 aromatic carbocycles. The number of likely N-dealkylation sites (tertiary alicyclic amines) is 1. The zero-order valence-corrected chi connectivity index (χ0v) is 9.34. The maximum atomic E-state index is 3.29. The van der Waals surface area contributed by atoms with Crippen LogP contribution in [0.4, 0.5) is 0 Å². The van der Waals surface area contributed by atoms with Crippen LogP contribution in [0.25, 0.3) is 0 Å². The van der Waals surface area contributed by atoms with Gasteiger partial charge in [-0.3, -0.25) is 0 Å². The number of hydrogen-bond donors (Lipinski definition) is 1. The van der Waals surface area contributed by atoms with Gasteiger partial charge >= 0.3 is 0 Å². The summed E-state index contributed by atoms with van der Waals surface area (Å²) in [6, 6.07) is 0.664. The van der Waals surface area contributed by atoms with E-state index in [0.717, 1.165) is 5.92 Å². The lowest BCUT2D eigenvalue weighted by Crippen LogP contribution is -2.37. The van der Waals surface area contributed by atoms with Crippen molar-refractivity contribution in [1.82, 2.24) is 10.2 Å². The van der Waals surface area contributed by atoms with Gasteiger partial charge < -0.3 is 10.2 Å². The summed E-state index contributed by atoms with van der Waals surface area (Å²) in [6.45, 7) is 8.53. The fourth-order valence-electron chi connectivity index (χ4n) is 2.01. The van der Waals surface area contributed by atoms with Crippen molar-refractivity contribution in [1.29, 1.82) is 0 Å². The van der Waals surface area contributed by atoms with Gasteiger partial charge in [0, 0.05) is 12.6 Å². The van der Waals surface area contributed by atoms with Gasteiger partial charge in [-0.1, -0.05) is 6.92 Å². The Morgan fingerprint density at radius 2 is 2.31 bits per heavy atom. The van der Waals surface area contributed by atoms with Crippen molar-refractivity contribution in [3.8, 4) is 0 Å². The molecule has 13 heavy (non-hydrogen) atoms. The summed E-state index contributed by atoms with van der Waals surface area (Å²) in [5, 5.41) is 3.29. The highest BCUT2D eigenvalue weighted by Gasteiger charge is 2.15. The number of nitrogens with one attached hydrogen (secondary N) is 1. The lowest BCUT2D eigenvalue weighted by Gasteiger charge is -2.31. The van der Waals surface area contributed by atoms with Crippen molar-refractivity contribution in [2.45, 2.75) is 39.2 Å². The predicted octanol–water partition coefficient (Wildman–Crippen LogP) is 1.72. The zero-order valence-electron chi connectivity index (χ0n) is 9.34. The summed E-state index contributed by atoms with van der Waals surface area (Å²) in [7, 11) is 2.05. The first kappa shape index (κ1) is 11.0. The number of hydrogen-bond acceptors (Lipinski definition) is 2. The van der Waals surface area contributed by atoms with Crippen LogP contribution in [0.5, 0.6) is 0 Å². The molecule has 1 fully saturated rings. The van der Waals surface area contributed by atoms with E-state index in [2.05, 4.69) is 24.1 Å². The Kier molecular flexibility index (Phi) is 4.74. The third kappa shape index (κ3) is 4.10. The van der Waals surface area contributed by atoms with Crippen molar-refractivity contribution < 1.29 is 0 Å². The maximum absolute atomic E-state index is 3.29. The largest absolute Gasteiger partial charge is 0.317 e. The van der Waals surface area contributed by atoms with Gasteiger partial charge in [0.05, 0.1) is 0 Å². The van der Waals surface area contributed by atoms with E-state index >= 15 is 0 Å². The molecule has 0 bridgehead atoms. The van der Waals surface area contributed by atoms with Crippen LogP contribution in [0.15, 0.2) is 0 Å².